The van der Waals surface area contributed by atoms with Crippen molar-refractivity contribution in [2.75, 3.05) is 33.1 Å². The molecule has 3 nitrogen and oxygen atoms in total. The fourth-order valence-corrected chi connectivity index (χ4v) is 3.10. The summed E-state index contributed by atoms with van der Waals surface area (Å²) in [6, 6.07) is 18.6. The zero-order valence-electron chi connectivity index (χ0n) is 16.3. The summed E-state index contributed by atoms with van der Waals surface area (Å²) in [6.45, 7) is 0. The topological polar surface area (TPSA) is 30.0 Å². The van der Waals surface area contributed by atoms with Crippen molar-refractivity contribution < 1.29 is 4.58 Å². The summed E-state index contributed by atoms with van der Waals surface area (Å²) in [4.78, 5) is 2.09. The Bertz CT molecular complexity index is 988. The number of benzene rings is 2. The monoisotopic (exact) mass is 354 g/mol. The van der Waals surface area contributed by atoms with Crippen LogP contribution in [0.25, 0.3) is 5.57 Å². The summed E-state index contributed by atoms with van der Waals surface area (Å²) in [5, 5.41) is 9.31. The van der Waals surface area contributed by atoms with E-state index in [1.54, 1.807) is 0 Å². The maximum absolute atomic E-state index is 9.31. The van der Waals surface area contributed by atoms with Crippen molar-refractivity contribution in [2.24, 2.45) is 0 Å². The van der Waals surface area contributed by atoms with Gasteiger partial charge in [-0.3, -0.25) is 0 Å². The minimum Gasteiger partial charge on any atom is -0.378 e. The minimum absolute atomic E-state index is 0.667. The van der Waals surface area contributed by atoms with Gasteiger partial charge in [-0.15, -0.1) is 0 Å². The predicted molar refractivity (Wildman–Crippen MR) is 113 cm³/mol. The first-order valence-electron chi connectivity index (χ1n) is 8.92. The van der Waals surface area contributed by atoms with Gasteiger partial charge in [-0.1, -0.05) is 24.3 Å². The Morgan fingerprint density at radius 3 is 2.11 bits per heavy atom. The van der Waals surface area contributed by atoms with E-state index in [1.807, 2.05) is 46.4 Å². The predicted octanol–water partition coefficient (Wildman–Crippen LogP) is 4.27. The molecule has 1 aliphatic rings. The van der Waals surface area contributed by atoms with Gasteiger partial charge in [0.2, 0.25) is 0 Å². The number of anilines is 1. The standard InChI is InChI=1S/C24H24N3/c1-26(2)22-12-8-19(9-13-22)24(21-7-5-6-18(16-21)17-25)20-10-14-23(15-11-20)27(3)4/h5-16H,1-4H3/q+1. The molecule has 0 atom stereocenters. The normalized spacial score (nSPS) is 12.7. The van der Waals surface area contributed by atoms with Crippen molar-refractivity contribution >= 4 is 17.0 Å². The quantitative estimate of drug-likeness (QED) is 0.771. The summed E-state index contributed by atoms with van der Waals surface area (Å²) < 4.78 is 2.09. The van der Waals surface area contributed by atoms with E-state index in [0.717, 1.165) is 33.7 Å². The lowest BCUT2D eigenvalue weighted by Gasteiger charge is -2.16. The van der Waals surface area contributed by atoms with Gasteiger partial charge in [0.1, 0.15) is 14.1 Å². The Morgan fingerprint density at radius 1 is 0.889 bits per heavy atom. The molecule has 0 amide bonds. The maximum atomic E-state index is 9.31. The third-order valence-corrected chi connectivity index (χ3v) is 4.63. The van der Waals surface area contributed by atoms with Gasteiger partial charge >= 0.3 is 0 Å². The van der Waals surface area contributed by atoms with E-state index >= 15 is 0 Å². The molecule has 134 valence electrons. The third kappa shape index (κ3) is 4.07. The van der Waals surface area contributed by atoms with Crippen molar-refractivity contribution in [3.8, 4) is 6.07 Å². The second-order valence-electron chi connectivity index (χ2n) is 6.95. The summed E-state index contributed by atoms with van der Waals surface area (Å²) >= 11 is 0. The molecule has 3 rings (SSSR count). The van der Waals surface area contributed by atoms with E-state index < -0.39 is 0 Å². The number of nitriles is 1. The van der Waals surface area contributed by atoms with Crippen LogP contribution in [0.3, 0.4) is 0 Å². The van der Waals surface area contributed by atoms with Gasteiger partial charge in [0.25, 0.3) is 0 Å². The Balaban J connectivity index is 2.17. The first-order chi connectivity index (χ1) is 13.0. The molecule has 0 N–H and O–H groups in total. The van der Waals surface area contributed by atoms with Gasteiger partial charge in [-0.25, -0.2) is 4.58 Å². The molecule has 0 radical (unpaired) electrons. The fourth-order valence-electron chi connectivity index (χ4n) is 3.10. The Morgan fingerprint density at radius 2 is 1.56 bits per heavy atom. The van der Waals surface area contributed by atoms with E-state index in [4.69, 9.17) is 0 Å². The molecule has 2 aromatic rings. The highest BCUT2D eigenvalue weighted by Crippen LogP contribution is 2.31. The molecule has 2 aromatic carbocycles. The van der Waals surface area contributed by atoms with Gasteiger partial charge in [-0.2, -0.15) is 5.26 Å². The van der Waals surface area contributed by atoms with Gasteiger partial charge in [0.15, 0.2) is 5.71 Å². The van der Waals surface area contributed by atoms with E-state index in [1.165, 1.54) is 0 Å². The lowest BCUT2D eigenvalue weighted by atomic mass is 9.90. The van der Waals surface area contributed by atoms with Crippen LogP contribution in [0.15, 0.2) is 78.4 Å². The van der Waals surface area contributed by atoms with Crippen molar-refractivity contribution in [3.63, 3.8) is 0 Å². The second-order valence-corrected chi connectivity index (χ2v) is 6.95. The maximum Gasteiger partial charge on any atom is 0.199 e. The molecule has 0 fully saturated rings. The lowest BCUT2D eigenvalue weighted by Crippen LogP contribution is -2.10. The fraction of sp³-hybridized carbons (Fsp3) is 0.167. The van der Waals surface area contributed by atoms with Gasteiger partial charge in [-0.05, 0) is 58.7 Å². The van der Waals surface area contributed by atoms with E-state index in [-0.39, 0.29) is 0 Å². The molecule has 0 heterocycles. The summed E-state index contributed by atoms with van der Waals surface area (Å²) in [5.41, 5.74) is 7.42. The van der Waals surface area contributed by atoms with Gasteiger partial charge in [0, 0.05) is 31.9 Å². The Kier molecular flexibility index (Phi) is 5.38. The smallest absolute Gasteiger partial charge is 0.199 e. The molecule has 0 saturated carbocycles. The zero-order valence-corrected chi connectivity index (χ0v) is 16.3. The molecule has 0 aromatic heterocycles. The van der Waals surface area contributed by atoms with Crippen LogP contribution < -0.4 is 4.90 Å². The highest BCUT2D eigenvalue weighted by atomic mass is 15.1. The van der Waals surface area contributed by atoms with Crippen LogP contribution in [0.1, 0.15) is 16.7 Å². The summed E-state index contributed by atoms with van der Waals surface area (Å²) in [6.07, 6.45) is 8.53. The highest BCUT2D eigenvalue weighted by Gasteiger charge is 2.13. The van der Waals surface area contributed by atoms with Crippen molar-refractivity contribution in [1.29, 1.82) is 5.26 Å². The SMILES string of the molecule is CN(C)c1ccc(C(=C2C=CC(=[N+](C)C)C=C2)c2cccc(C#N)c2)cc1. The van der Waals surface area contributed by atoms with Crippen molar-refractivity contribution in [2.45, 2.75) is 0 Å². The summed E-state index contributed by atoms with van der Waals surface area (Å²) in [5.74, 6) is 0. The number of hydrogen-bond acceptors (Lipinski definition) is 2. The van der Waals surface area contributed by atoms with Crippen LogP contribution in [0, 0.1) is 11.3 Å². The molecule has 0 bridgehead atoms. The van der Waals surface area contributed by atoms with Gasteiger partial charge in [0.05, 0.1) is 11.6 Å². The average molecular weight is 354 g/mol. The average Bonchev–Trinajstić information content (AvgIpc) is 2.69. The van der Waals surface area contributed by atoms with Crippen molar-refractivity contribution in [1.82, 2.24) is 0 Å². The number of hydrogen-bond donors (Lipinski definition) is 0. The molecule has 0 aliphatic heterocycles. The molecule has 3 heteroatoms. The number of allylic oxidation sites excluding steroid dienone is 5. The van der Waals surface area contributed by atoms with E-state index in [2.05, 4.69) is 70.2 Å². The van der Waals surface area contributed by atoms with E-state index in [0.29, 0.717) is 5.56 Å². The highest BCUT2D eigenvalue weighted by molar-refractivity contribution is 6.04. The molecule has 0 saturated heterocycles. The summed E-state index contributed by atoms with van der Waals surface area (Å²) in [7, 11) is 8.15. The van der Waals surface area contributed by atoms with E-state index in [9.17, 15) is 5.26 Å². The molecule has 0 spiro atoms. The zero-order chi connectivity index (χ0) is 19.4. The third-order valence-electron chi connectivity index (χ3n) is 4.63. The first-order valence-corrected chi connectivity index (χ1v) is 8.92. The largest absolute Gasteiger partial charge is 0.378 e. The Labute approximate surface area is 161 Å². The van der Waals surface area contributed by atoms with Crippen LogP contribution in [-0.2, 0) is 0 Å². The number of rotatable bonds is 3. The molecular formula is C24H24N3+. The number of nitrogens with zero attached hydrogens (tertiary/aromatic N) is 3. The first kappa shape index (κ1) is 18.4. The minimum atomic E-state index is 0.667. The van der Waals surface area contributed by atoms with Gasteiger partial charge < -0.3 is 4.90 Å². The van der Waals surface area contributed by atoms with Crippen LogP contribution in [-0.4, -0.2) is 38.5 Å². The van der Waals surface area contributed by atoms with Crippen molar-refractivity contribution in [3.05, 3.63) is 95.1 Å². The van der Waals surface area contributed by atoms with Crippen LogP contribution >= 0.6 is 0 Å². The van der Waals surface area contributed by atoms with Crippen LogP contribution in [0.5, 0.6) is 0 Å². The lowest BCUT2D eigenvalue weighted by molar-refractivity contribution is -0.462. The molecule has 27 heavy (non-hydrogen) atoms. The van der Waals surface area contributed by atoms with Crippen LogP contribution in [0.2, 0.25) is 0 Å². The molecular weight excluding hydrogens is 330 g/mol. The second kappa shape index (κ2) is 7.88. The Hall–Kier alpha value is -3.38. The van der Waals surface area contributed by atoms with Crippen LogP contribution in [0.4, 0.5) is 5.69 Å². The molecule has 0 unspecified atom stereocenters. The molecule has 1 aliphatic carbocycles.